The van der Waals surface area contributed by atoms with Crippen molar-refractivity contribution in [1.29, 1.82) is 0 Å². The molecule has 0 atom stereocenters. The summed E-state index contributed by atoms with van der Waals surface area (Å²) in [7, 11) is 0. The summed E-state index contributed by atoms with van der Waals surface area (Å²) < 4.78 is 14.0. The largest absolute Gasteiger partial charge is 0.267 e. The number of aryl methyl sites for hydroxylation is 1. The highest BCUT2D eigenvalue weighted by Gasteiger charge is 2.08. The minimum atomic E-state index is -0.211. The highest BCUT2D eigenvalue weighted by atomic mass is 32.1. The molecule has 0 aliphatic rings. The Kier molecular flexibility index (Phi) is 2.87. The summed E-state index contributed by atoms with van der Waals surface area (Å²) in [5, 5.41) is 9.06. The second kappa shape index (κ2) is 4.55. The molecule has 0 spiro atoms. The number of aromatic amines is 1. The maximum absolute atomic E-state index is 13.3. The summed E-state index contributed by atoms with van der Waals surface area (Å²) >= 11 is 5.23. The van der Waals surface area contributed by atoms with E-state index in [0.29, 0.717) is 10.2 Å². The van der Waals surface area contributed by atoms with Crippen LogP contribution in [0.15, 0.2) is 42.5 Å². The number of rotatable bonds is 1. The molecule has 4 heteroatoms. The molecule has 0 fully saturated rings. The average molecular weight is 270 g/mol. The highest BCUT2D eigenvalue weighted by Crippen LogP contribution is 2.27. The molecule has 0 saturated carbocycles. The van der Waals surface area contributed by atoms with Crippen molar-refractivity contribution in [3.63, 3.8) is 0 Å². The van der Waals surface area contributed by atoms with Crippen LogP contribution in [0.3, 0.4) is 0 Å². The van der Waals surface area contributed by atoms with Crippen molar-refractivity contribution >= 4 is 23.0 Å². The summed E-state index contributed by atoms with van der Waals surface area (Å²) in [5.74, 6) is -0.211. The van der Waals surface area contributed by atoms with Crippen molar-refractivity contribution in [1.82, 2.24) is 10.2 Å². The van der Waals surface area contributed by atoms with Gasteiger partial charge in [0.2, 0.25) is 0 Å². The first kappa shape index (κ1) is 12.0. The van der Waals surface area contributed by atoms with Gasteiger partial charge in [0.15, 0.2) is 0 Å². The van der Waals surface area contributed by atoms with Gasteiger partial charge in [0.05, 0.1) is 5.69 Å². The van der Waals surface area contributed by atoms with Crippen molar-refractivity contribution in [2.75, 3.05) is 0 Å². The van der Waals surface area contributed by atoms with E-state index < -0.39 is 0 Å². The maximum atomic E-state index is 13.3. The SMILES string of the molecule is Cc1cc(-c2n[nH]c(=S)c3ccccc23)ccc1F. The normalized spacial score (nSPS) is 10.8. The van der Waals surface area contributed by atoms with E-state index >= 15 is 0 Å². The molecule has 0 unspecified atom stereocenters. The number of hydrogen-bond acceptors (Lipinski definition) is 2. The molecule has 1 aromatic heterocycles. The Bertz CT molecular complexity index is 824. The number of benzene rings is 2. The van der Waals surface area contributed by atoms with Crippen LogP contribution >= 0.6 is 12.2 Å². The van der Waals surface area contributed by atoms with Crippen LogP contribution in [0.5, 0.6) is 0 Å². The monoisotopic (exact) mass is 270 g/mol. The number of aromatic nitrogens is 2. The van der Waals surface area contributed by atoms with Crippen molar-refractivity contribution in [2.24, 2.45) is 0 Å². The van der Waals surface area contributed by atoms with Crippen LogP contribution in [0.25, 0.3) is 22.0 Å². The third-order valence-electron chi connectivity index (χ3n) is 3.13. The zero-order chi connectivity index (χ0) is 13.4. The van der Waals surface area contributed by atoms with E-state index in [1.807, 2.05) is 24.3 Å². The molecular weight excluding hydrogens is 259 g/mol. The number of fused-ring (bicyclic) bond motifs is 1. The van der Waals surface area contributed by atoms with Gasteiger partial charge >= 0.3 is 0 Å². The third-order valence-corrected chi connectivity index (χ3v) is 3.44. The zero-order valence-corrected chi connectivity index (χ0v) is 11.1. The molecule has 0 radical (unpaired) electrons. The summed E-state index contributed by atoms with van der Waals surface area (Å²) in [4.78, 5) is 0. The average Bonchev–Trinajstić information content (AvgIpc) is 2.43. The van der Waals surface area contributed by atoms with Crippen molar-refractivity contribution < 1.29 is 4.39 Å². The lowest BCUT2D eigenvalue weighted by molar-refractivity contribution is 0.618. The first-order valence-corrected chi connectivity index (χ1v) is 6.31. The lowest BCUT2D eigenvalue weighted by Gasteiger charge is -2.07. The number of nitrogens with one attached hydrogen (secondary N) is 1. The summed E-state index contributed by atoms with van der Waals surface area (Å²) in [6.07, 6.45) is 0. The first-order chi connectivity index (χ1) is 9.16. The molecule has 1 heterocycles. The van der Waals surface area contributed by atoms with E-state index in [4.69, 9.17) is 12.2 Å². The van der Waals surface area contributed by atoms with E-state index in [1.165, 1.54) is 6.07 Å². The Morgan fingerprint density at radius 1 is 1.11 bits per heavy atom. The van der Waals surface area contributed by atoms with Crippen molar-refractivity contribution in [3.05, 3.63) is 58.5 Å². The van der Waals surface area contributed by atoms with E-state index in [2.05, 4.69) is 10.2 Å². The van der Waals surface area contributed by atoms with E-state index in [1.54, 1.807) is 19.1 Å². The standard InChI is InChI=1S/C15H11FN2S/c1-9-8-10(6-7-13(9)16)14-11-4-2-3-5-12(11)15(19)18-17-14/h2-8H,1H3,(H,18,19). The van der Waals surface area contributed by atoms with E-state index in [0.717, 1.165) is 22.0 Å². The number of H-pyrrole nitrogens is 1. The van der Waals surface area contributed by atoms with Gasteiger partial charge in [0.25, 0.3) is 0 Å². The highest BCUT2D eigenvalue weighted by molar-refractivity contribution is 7.71. The molecule has 0 bridgehead atoms. The number of nitrogens with zero attached hydrogens (tertiary/aromatic N) is 1. The lowest BCUT2D eigenvalue weighted by Crippen LogP contribution is -1.92. The molecule has 0 saturated heterocycles. The molecule has 0 amide bonds. The Labute approximate surface area is 114 Å². The molecular formula is C15H11FN2S. The minimum absolute atomic E-state index is 0.211. The van der Waals surface area contributed by atoms with Gasteiger partial charge in [-0.25, -0.2) is 4.39 Å². The Morgan fingerprint density at radius 2 is 1.84 bits per heavy atom. The van der Waals surface area contributed by atoms with Crippen LogP contribution in [0.1, 0.15) is 5.56 Å². The molecule has 94 valence electrons. The van der Waals surface area contributed by atoms with Crippen LogP contribution < -0.4 is 0 Å². The fourth-order valence-corrected chi connectivity index (χ4v) is 2.35. The fourth-order valence-electron chi connectivity index (χ4n) is 2.13. The predicted octanol–water partition coefficient (Wildman–Crippen LogP) is 4.41. The second-order valence-electron chi connectivity index (χ2n) is 4.41. The van der Waals surface area contributed by atoms with Crippen LogP contribution in [0.2, 0.25) is 0 Å². The van der Waals surface area contributed by atoms with Crippen LogP contribution in [-0.4, -0.2) is 10.2 Å². The first-order valence-electron chi connectivity index (χ1n) is 5.91. The molecule has 3 rings (SSSR count). The molecule has 1 N–H and O–H groups in total. The van der Waals surface area contributed by atoms with Gasteiger partial charge < -0.3 is 0 Å². The molecule has 0 aliphatic carbocycles. The number of hydrogen-bond donors (Lipinski definition) is 1. The predicted molar refractivity (Wildman–Crippen MR) is 77.1 cm³/mol. The third kappa shape index (κ3) is 2.04. The molecule has 3 aromatic rings. The minimum Gasteiger partial charge on any atom is -0.267 e. The topological polar surface area (TPSA) is 28.7 Å². The van der Waals surface area contributed by atoms with Crippen LogP contribution in [-0.2, 0) is 0 Å². The Hall–Kier alpha value is -2.07. The van der Waals surface area contributed by atoms with Gasteiger partial charge in [-0.1, -0.05) is 36.5 Å². The molecule has 19 heavy (non-hydrogen) atoms. The van der Waals surface area contributed by atoms with E-state index in [9.17, 15) is 4.39 Å². The lowest BCUT2D eigenvalue weighted by atomic mass is 10.0. The van der Waals surface area contributed by atoms with Gasteiger partial charge in [-0.2, -0.15) is 5.10 Å². The summed E-state index contributed by atoms with van der Waals surface area (Å²) in [5.41, 5.74) is 2.26. The van der Waals surface area contributed by atoms with Crippen LogP contribution in [0.4, 0.5) is 4.39 Å². The molecule has 2 aromatic carbocycles. The summed E-state index contributed by atoms with van der Waals surface area (Å²) in [6.45, 7) is 1.74. The van der Waals surface area contributed by atoms with Gasteiger partial charge in [-0.15, -0.1) is 0 Å². The fraction of sp³-hybridized carbons (Fsp3) is 0.0667. The van der Waals surface area contributed by atoms with E-state index in [-0.39, 0.29) is 5.82 Å². The van der Waals surface area contributed by atoms with Gasteiger partial charge in [-0.05, 0) is 30.7 Å². The molecule has 0 aliphatic heterocycles. The van der Waals surface area contributed by atoms with Gasteiger partial charge in [0, 0.05) is 16.3 Å². The number of halogens is 1. The quantitative estimate of drug-likeness (QED) is 0.664. The Balaban J connectivity index is 2.34. The summed E-state index contributed by atoms with van der Waals surface area (Å²) in [6, 6.07) is 12.8. The smallest absolute Gasteiger partial charge is 0.127 e. The maximum Gasteiger partial charge on any atom is 0.127 e. The molecule has 2 nitrogen and oxygen atoms in total. The van der Waals surface area contributed by atoms with Crippen molar-refractivity contribution in [3.8, 4) is 11.3 Å². The van der Waals surface area contributed by atoms with Crippen molar-refractivity contribution in [2.45, 2.75) is 6.92 Å². The van der Waals surface area contributed by atoms with Gasteiger partial charge in [0.1, 0.15) is 10.5 Å². The zero-order valence-electron chi connectivity index (χ0n) is 10.3. The second-order valence-corrected chi connectivity index (χ2v) is 4.82. The van der Waals surface area contributed by atoms with Crippen LogP contribution in [0, 0.1) is 17.4 Å². The Morgan fingerprint density at radius 3 is 2.58 bits per heavy atom. The van der Waals surface area contributed by atoms with Gasteiger partial charge in [-0.3, -0.25) is 5.10 Å².